The van der Waals surface area contributed by atoms with Crippen molar-refractivity contribution in [1.29, 1.82) is 0 Å². The molecule has 0 aliphatic carbocycles. The lowest BCUT2D eigenvalue weighted by molar-refractivity contribution is 0.0761. The molecule has 2 N–H and O–H groups in total. The Hall–Kier alpha value is -1.72. The summed E-state index contributed by atoms with van der Waals surface area (Å²) in [6, 6.07) is 10.1. The zero-order chi connectivity index (χ0) is 15.2. The van der Waals surface area contributed by atoms with Crippen molar-refractivity contribution in [1.82, 2.24) is 9.88 Å². The average Bonchev–Trinajstić information content (AvgIpc) is 2.99. The van der Waals surface area contributed by atoms with Crippen LogP contribution in [0, 0.1) is 0 Å². The summed E-state index contributed by atoms with van der Waals surface area (Å²) in [5, 5.41) is 2.60. The molecule has 0 aliphatic rings. The molecular formula is C16H21N3OS. The van der Waals surface area contributed by atoms with Gasteiger partial charge in [0.25, 0.3) is 5.91 Å². The van der Waals surface area contributed by atoms with Crippen molar-refractivity contribution in [2.75, 3.05) is 13.1 Å². The maximum Gasteiger partial charge on any atom is 0.273 e. The standard InChI is InChI=1S/C16H21N3OS/c1-3-19(10-9-13-7-5-4-6-8-13)16(20)14-11-21-15(18-14)12(2)17/h4-8,11-12H,3,9-10,17H2,1-2H3. The van der Waals surface area contributed by atoms with Gasteiger partial charge in [-0.15, -0.1) is 11.3 Å². The van der Waals surface area contributed by atoms with E-state index in [0.29, 0.717) is 18.8 Å². The third kappa shape index (κ3) is 4.12. The lowest BCUT2D eigenvalue weighted by Gasteiger charge is -2.19. The number of hydrogen-bond donors (Lipinski definition) is 1. The summed E-state index contributed by atoms with van der Waals surface area (Å²) in [5.41, 5.74) is 7.53. The van der Waals surface area contributed by atoms with Gasteiger partial charge < -0.3 is 10.6 Å². The maximum absolute atomic E-state index is 12.5. The van der Waals surface area contributed by atoms with Crippen LogP contribution in [0.15, 0.2) is 35.7 Å². The molecule has 1 aromatic heterocycles. The van der Waals surface area contributed by atoms with Crippen LogP contribution >= 0.6 is 11.3 Å². The first-order valence-corrected chi connectivity index (χ1v) is 8.04. The topological polar surface area (TPSA) is 59.2 Å². The second-order valence-corrected chi connectivity index (χ2v) is 5.87. The Morgan fingerprint density at radius 2 is 2.10 bits per heavy atom. The Kier molecular flexibility index (Phi) is 5.47. The lowest BCUT2D eigenvalue weighted by Crippen LogP contribution is -2.33. The van der Waals surface area contributed by atoms with Crippen molar-refractivity contribution in [2.24, 2.45) is 5.73 Å². The first kappa shape index (κ1) is 15.7. The zero-order valence-electron chi connectivity index (χ0n) is 12.5. The van der Waals surface area contributed by atoms with E-state index in [-0.39, 0.29) is 11.9 Å². The molecule has 4 nitrogen and oxygen atoms in total. The van der Waals surface area contributed by atoms with E-state index in [9.17, 15) is 4.79 Å². The molecule has 0 aliphatic heterocycles. The lowest BCUT2D eigenvalue weighted by atomic mass is 10.1. The average molecular weight is 303 g/mol. The van der Waals surface area contributed by atoms with Crippen molar-refractivity contribution < 1.29 is 4.79 Å². The van der Waals surface area contributed by atoms with Crippen LogP contribution in [0.25, 0.3) is 0 Å². The van der Waals surface area contributed by atoms with Crippen LogP contribution in [0.5, 0.6) is 0 Å². The molecule has 1 amide bonds. The summed E-state index contributed by atoms with van der Waals surface area (Å²) >= 11 is 1.44. The van der Waals surface area contributed by atoms with Crippen molar-refractivity contribution in [3.05, 3.63) is 52.0 Å². The number of amides is 1. The number of thiazole rings is 1. The van der Waals surface area contributed by atoms with Gasteiger partial charge in [-0.3, -0.25) is 4.79 Å². The predicted octanol–water partition coefficient (Wildman–Crippen LogP) is 2.87. The number of hydrogen-bond acceptors (Lipinski definition) is 4. The first-order valence-electron chi connectivity index (χ1n) is 7.16. The summed E-state index contributed by atoms with van der Waals surface area (Å²) in [4.78, 5) is 18.6. The number of carbonyl (C=O) groups excluding carboxylic acids is 1. The molecule has 21 heavy (non-hydrogen) atoms. The number of likely N-dealkylation sites (N-methyl/N-ethyl adjacent to an activating group) is 1. The minimum Gasteiger partial charge on any atom is -0.337 e. The SMILES string of the molecule is CCN(CCc1ccccc1)C(=O)c1csc(C(C)N)n1. The van der Waals surface area contributed by atoms with Gasteiger partial charge in [0, 0.05) is 18.5 Å². The van der Waals surface area contributed by atoms with Gasteiger partial charge in [0.15, 0.2) is 0 Å². The van der Waals surface area contributed by atoms with Gasteiger partial charge in [0.05, 0.1) is 6.04 Å². The van der Waals surface area contributed by atoms with E-state index >= 15 is 0 Å². The van der Waals surface area contributed by atoms with Crippen LogP contribution in [-0.2, 0) is 6.42 Å². The molecule has 0 bridgehead atoms. The van der Waals surface area contributed by atoms with Crippen LogP contribution in [0.2, 0.25) is 0 Å². The van der Waals surface area contributed by atoms with Crippen LogP contribution in [0.1, 0.15) is 40.9 Å². The normalized spacial score (nSPS) is 12.1. The molecule has 0 spiro atoms. The third-order valence-corrected chi connectivity index (χ3v) is 4.36. The molecule has 112 valence electrons. The molecule has 0 saturated heterocycles. The van der Waals surface area contributed by atoms with E-state index in [2.05, 4.69) is 17.1 Å². The minimum atomic E-state index is -0.129. The van der Waals surface area contributed by atoms with E-state index < -0.39 is 0 Å². The summed E-state index contributed by atoms with van der Waals surface area (Å²) in [6.07, 6.45) is 0.852. The molecule has 0 saturated carbocycles. The van der Waals surface area contributed by atoms with E-state index in [1.165, 1.54) is 16.9 Å². The van der Waals surface area contributed by atoms with Gasteiger partial charge in [-0.25, -0.2) is 4.98 Å². The molecule has 0 fully saturated rings. The summed E-state index contributed by atoms with van der Waals surface area (Å²) in [6.45, 7) is 5.24. The monoisotopic (exact) mass is 303 g/mol. The second-order valence-electron chi connectivity index (χ2n) is 4.98. The Morgan fingerprint density at radius 1 is 1.38 bits per heavy atom. The van der Waals surface area contributed by atoms with Crippen LogP contribution in [0.4, 0.5) is 0 Å². The molecule has 1 heterocycles. The molecule has 1 atom stereocenters. The Morgan fingerprint density at radius 3 is 2.67 bits per heavy atom. The van der Waals surface area contributed by atoms with Crippen molar-refractivity contribution in [2.45, 2.75) is 26.3 Å². The quantitative estimate of drug-likeness (QED) is 0.892. The molecule has 1 unspecified atom stereocenters. The predicted molar refractivity (Wildman–Crippen MR) is 86.4 cm³/mol. The highest BCUT2D eigenvalue weighted by Crippen LogP contribution is 2.17. The van der Waals surface area contributed by atoms with Gasteiger partial charge in [0.1, 0.15) is 10.7 Å². The fourth-order valence-corrected chi connectivity index (χ4v) is 2.82. The van der Waals surface area contributed by atoms with Gasteiger partial charge in [-0.05, 0) is 25.8 Å². The van der Waals surface area contributed by atoms with Gasteiger partial charge >= 0.3 is 0 Å². The van der Waals surface area contributed by atoms with Crippen LogP contribution < -0.4 is 5.73 Å². The summed E-state index contributed by atoms with van der Waals surface area (Å²) in [7, 11) is 0. The van der Waals surface area contributed by atoms with E-state index in [4.69, 9.17) is 5.73 Å². The molecule has 5 heteroatoms. The van der Waals surface area contributed by atoms with E-state index in [1.54, 1.807) is 5.38 Å². The third-order valence-electron chi connectivity index (χ3n) is 3.31. The molecule has 2 aromatic rings. The Labute approximate surface area is 129 Å². The fraction of sp³-hybridized carbons (Fsp3) is 0.375. The Balaban J connectivity index is 2.00. The Bertz CT molecular complexity index is 580. The first-order chi connectivity index (χ1) is 10.1. The molecule has 1 aromatic carbocycles. The largest absolute Gasteiger partial charge is 0.337 e. The minimum absolute atomic E-state index is 0.0171. The zero-order valence-corrected chi connectivity index (χ0v) is 13.3. The van der Waals surface area contributed by atoms with Gasteiger partial charge in [-0.1, -0.05) is 30.3 Å². The smallest absolute Gasteiger partial charge is 0.273 e. The fourth-order valence-electron chi connectivity index (χ4n) is 2.07. The number of aromatic nitrogens is 1. The second kappa shape index (κ2) is 7.33. The number of rotatable bonds is 6. The molecule has 0 radical (unpaired) electrons. The van der Waals surface area contributed by atoms with Gasteiger partial charge in [0.2, 0.25) is 0 Å². The molecular weight excluding hydrogens is 282 g/mol. The van der Waals surface area contributed by atoms with Crippen LogP contribution in [-0.4, -0.2) is 28.9 Å². The number of carbonyl (C=O) groups is 1. The highest BCUT2D eigenvalue weighted by Gasteiger charge is 2.18. The van der Waals surface area contributed by atoms with E-state index in [1.807, 2.05) is 36.9 Å². The van der Waals surface area contributed by atoms with Crippen molar-refractivity contribution >= 4 is 17.2 Å². The molecule has 2 rings (SSSR count). The number of nitrogens with zero attached hydrogens (tertiary/aromatic N) is 2. The summed E-state index contributed by atoms with van der Waals surface area (Å²) < 4.78 is 0. The summed E-state index contributed by atoms with van der Waals surface area (Å²) in [5.74, 6) is -0.0171. The highest BCUT2D eigenvalue weighted by molar-refractivity contribution is 7.09. The van der Waals surface area contributed by atoms with E-state index in [0.717, 1.165) is 11.4 Å². The maximum atomic E-state index is 12.5. The van der Waals surface area contributed by atoms with Crippen LogP contribution in [0.3, 0.4) is 0 Å². The van der Waals surface area contributed by atoms with Crippen molar-refractivity contribution in [3.8, 4) is 0 Å². The van der Waals surface area contributed by atoms with Gasteiger partial charge in [-0.2, -0.15) is 0 Å². The number of nitrogens with two attached hydrogens (primary N) is 1. The number of benzene rings is 1. The highest BCUT2D eigenvalue weighted by atomic mass is 32.1. The van der Waals surface area contributed by atoms with Crippen molar-refractivity contribution in [3.63, 3.8) is 0 Å².